The molecular weight excluding hydrogens is 410 g/mol. The van der Waals surface area contributed by atoms with Gasteiger partial charge in [0, 0.05) is 25.7 Å². The second-order valence-corrected chi connectivity index (χ2v) is 8.02. The fourth-order valence-corrected chi connectivity index (χ4v) is 4.25. The average Bonchev–Trinajstić information content (AvgIpc) is 3.19. The molecule has 2 saturated heterocycles. The summed E-state index contributed by atoms with van der Waals surface area (Å²) in [6.45, 7) is 8.45. The van der Waals surface area contributed by atoms with Crippen LogP contribution in [-0.2, 0) is 14.3 Å². The number of morpholine rings is 2. The first-order valence-electron chi connectivity index (χ1n) is 10.9. The number of amides is 1. The number of nitrogens with zero attached hydrogens (tertiary/aromatic N) is 6. The second-order valence-electron chi connectivity index (χ2n) is 8.02. The van der Waals surface area contributed by atoms with Crippen molar-refractivity contribution in [3.63, 3.8) is 0 Å². The van der Waals surface area contributed by atoms with E-state index >= 15 is 0 Å². The minimum Gasteiger partial charge on any atom is -0.378 e. The first-order valence-corrected chi connectivity index (χ1v) is 10.9. The third-order valence-corrected chi connectivity index (χ3v) is 6.15. The number of anilines is 3. The number of carbonyl (C=O) groups is 1. The molecular formula is C22H27N7O3. The summed E-state index contributed by atoms with van der Waals surface area (Å²) in [6.07, 6.45) is 0.714. The number of benzene rings is 1. The Morgan fingerprint density at radius 1 is 1.03 bits per heavy atom. The van der Waals surface area contributed by atoms with E-state index in [0.29, 0.717) is 38.1 Å². The minimum atomic E-state index is 0.0929. The van der Waals surface area contributed by atoms with Crippen molar-refractivity contribution in [1.29, 1.82) is 0 Å². The zero-order valence-electron chi connectivity index (χ0n) is 18.3. The van der Waals surface area contributed by atoms with E-state index in [-0.39, 0.29) is 12.1 Å². The van der Waals surface area contributed by atoms with E-state index < -0.39 is 0 Å². The molecule has 0 saturated carbocycles. The van der Waals surface area contributed by atoms with Crippen LogP contribution in [0.5, 0.6) is 0 Å². The maximum Gasteiger partial charge on any atom is 0.241 e. The summed E-state index contributed by atoms with van der Waals surface area (Å²) in [4.78, 5) is 30.2. The molecule has 5 rings (SSSR count). The van der Waals surface area contributed by atoms with E-state index in [1.807, 2.05) is 30.3 Å². The van der Waals surface area contributed by atoms with Gasteiger partial charge in [-0.25, -0.2) is 9.55 Å². The fourth-order valence-electron chi connectivity index (χ4n) is 4.25. The number of carbonyl (C=O) groups excluding carboxylic acids is 1. The maximum atomic E-state index is 11.3. The van der Waals surface area contributed by atoms with Crippen LogP contribution < -0.4 is 15.1 Å². The predicted octanol–water partition coefficient (Wildman–Crippen LogP) is 1.83. The molecule has 32 heavy (non-hydrogen) atoms. The van der Waals surface area contributed by atoms with Crippen LogP contribution in [0.15, 0.2) is 30.3 Å². The summed E-state index contributed by atoms with van der Waals surface area (Å²) in [5.74, 6) is 2.51. The fraction of sp³-hybridized carbons (Fsp3) is 0.455. The highest BCUT2D eigenvalue weighted by molar-refractivity contribution is 5.83. The summed E-state index contributed by atoms with van der Waals surface area (Å²) < 4.78 is 13.2. The van der Waals surface area contributed by atoms with E-state index in [1.54, 1.807) is 4.57 Å². The molecule has 168 valence electrons. The Bertz CT molecular complexity index is 1110. The van der Waals surface area contributed by atoms with Crippen molar-refractivity contribution in [2.75, 3.05) is 54.6 Å². The van der Waals surface area contributed by atoms with Crippen molar-refractivity contribution < 1.29 is 14.3 Å². The minimum absolute atomic E-state index is 0.0929. The molecule has 0 aliphatic carbocycles. The molecule has 2 aliphatic rings. The largest absolute Gasteiger partial charge is 0.378 e. The number of rotatable bonds is 5. The summed E-state index contributed by atoms with van der Waals surface area (Å²) >= 11 is 0. The topological polar surface area (TPSA) is 97.6 Å². The number of fused-ring (bicyclic) bond motifs is 1. The van der Waals surface area contributed by atoms with Gasteiger partial charge in [0.25, 0.3) is 0 Å². The SMILES string of the molecule is C[C@@H]1[C@@H](C)OCCN1c1cc(N2CCOCC2)nc(-n2c(NC=O)nc3ccccc32)n1. The van der Waals surface area contributed by atoms with Gasteiger partial charge in [-0.3, -0.25) is 10.1 Å². The van der Waals surface area contributed by atoms with Crippen molar-refractivity contribution in [1.82, 2.24) is 19.5 Å². The summed E-state index contributed by atoms with van der Waals surface area (Å²) in [5.41, 5.74) is 1.58. The molecule has 0 spiro atoms. The van der Waals surface area contributed by atoms with Crippen LogP contribution in [0.4, 0.5) is 17.6 Å². The van der Waals surface area contributed by atoms with Gasteiger partial charge in [-0.2, -0.15) is 9.97 Å². The molecule has 2 aromatic heterocycles. The standard InChI is InChI=1S/C22H27N7O3/c1-15-16(2)32-12-9-28(15)20-13-19(27-7-10-31-11-8-27)25-22(26-20)29-18-6-4-3-5-17(18)24-21(29)23-14-30/h3-6,13-16H,7-12H2,1-2H3,(H,23,24,30)/t15-,16-/m1/s1. The molecule has 1 amide bonds. The summed E-state index contributed by atoms with van der Waals surface area (Å²) in [6, 6.07) is 9.90. The van der Waals surface area contributed by atoms with E-state index in [0.717, 1.165) is 42.3 Å². The first-order chi connectivity index (χ1) is 15.7. The van der Waals surface area contributed by atoms with Gasteiger partial charge in [0.2, 0.25) is 18.3 Å². The smallest absolute Gasteiger partial charge is 0.241 e. The Balaban J connectivity index is 1.67. The number of nitrogens with one attached hydrogen (secondary N) is 1. The average molecular weight is 438 g/mol. The van der Waals surface area contributed by atoms with Crippen molar-refractivity contribution in [2.45, 2.75) is 26.0 Å². The lowest BCUT2D eigenvalue weighted by Crippen LogP contribution is -2.49. The van der Waals surface area contributed by atoms with Crippen molar-refractivity contribution >= 4 is 35.0 Å². The second kappa shape index (κ2) is 8.71. The van der Waals surface area contributed by atoms with Gasteiger partial charge in [-0.05, 0) is 26.0 Å². The lowest BCUT2D eigenvalue weighted by atomic mass is 10.1. The molecule has 4 heterocycles. The van der Waals surface area contributed by atoms with Gasteiger partial charge >= 0.3 is 0 Å². The number of aromatic nitrogens is 4. The lowest BCUT2D eigenvalue weighted by molar-refractivity contribution is -0.105. The van der Waals surface area contributed by atoms with Gasteiger partial charge in [-0.1, -0.05) is 12.1 Å². The Hall–Kier alpha value is -3.24. The van der Waals surface area contributed by atoms with Crippen molar-refractivity contribution in [2.24, 2.45) is 0 Å². The van der Waals surface area contributed by atoms with Crippen LogP contribution in [0.1, 0.15) is 13.8 Å². The highest BCUT2D eigenvalue weighted by Crippen LogP contribution is 2.29. The predicted molar refractivity (Wildman–Crippen MR) is 122 cm³/mol. The third-order valence-electron chi connectivity index (χ3n) is 6.15. The number of hydrogen-bond donors (Lipinski definition) is 1. The molecule has 10 nitrogen and oxygen atoms in total. The Labute approximate surface area is 186 Å². The zero-order valence-corrected chi connectivity index (χ0v) is 18.3. The van der Waals surface area contributed by atoms with Gasteiger partial charge < -0.3 is 19.3 Å². The van der Waals surface area contributed by atoms with E-state index in [1.165, 1.54) is 0 Å². The number of para-hydroxylation sites is 2. The van der Waals surface area contributed by atoms with Crippen LogP contribution in [0.2, 0.25) is 0 Å². The molecule has 1 aromatic carbocycles. The van der Waals surface area contributed by atoms with Gasteiger partial charge in [0.15, 0.2) is 0 Å². The van der Waals surface area contributed by atoms with Crippen LogP contribution in [0, 0.1) is 0 Å². The van der Waals surface area contributed by atoms with Crippen LogP contribution >= 0.6 is 0 Å². The highest BCUT2D eigenvalue weighted by Gasteiger charge is 2.28. The van der Waals surface area contributed by atoms with E-state index in [9.17, 15) is 4.79 Å². The molecule has 10 heteroatoms. The Morgan fingerprint density at radius 3 is 2.62 bits per heavy atom. The molecule has 0 unspecified atom stereocenters. The van der Waals surface area contributed by atoms with Gasteiger partial charge in [-0.15, -0.1) is 0 Å². The Morgan fingerprint density at radius 2 is 1.81 bits per heavy atom. The molecule has 3 aromatic rings. The number of imidazole rings is 1. The first kappa shape index (κ1) is 20.7. The quantitative estimate of drug-likeness (QED) is 0.604. The number of ether oxygens (including phenoxy) is 2. The molecule has 1 N–H and O–H groups in total. The third kappa shape index (κ3) is 3.76. The Kier molecular flexibility index (Phi) is 5.62. The van der Waals surface area contributed by atoms with Crippen LogP contribution in [-0.4, -0.2) is 77.5 Å². The maximum absolute atomic E-state index is 11.3. The van der Waals surface area contributed by atoms with Crippen molar-refractivity contribution in [3.8, 4) is 5.95 Å². The van der Waals surface area contributed by atoms with Gasteiger partial charge in [0.05, 0.1) is 43.0 Å². The molecule has 2 atom stereocenters. The van der Waals surface area contributed by atoms with Crippen LogP contribution in [0.25, 0.3) is 17.0 Å². The highest BCUT2D eigenvalue weighted by atomic mass is 16.5. The van der Waals surface area contributed by atoms with Gasteiger partial charge in [0.1, 0.15) is 11.6 Å². The normalized spacial score (nSPS) is 21.7. The molecule has 0 radical (unpaired) electrons. The molecule has 0 bridgehead atoms. The lowest BCUT2D eigenvalue weighted by Gasteiger charge is -2.39. The van der Waals surface area contributed by atoms with E-state index in [2.05, 4.69) is 33.9 Å². The zero-order chi connectivity index (χ0) is 22.1. The molecule has 2 aliphatic heterocycles. The summed E-state index contributed by atoms with van der Waals surface area (Å²) in [7, 11) is 0. The molecule has 2 fully saturated rings. The monoisotopic (exact) mass is 437 g/mol. The number of hydrogen-bond acceptors (Lipinski definition) is 8. The van der Waals surface area contributed by atoms with Crippen molar-refractivity contribution in [3.05, 3.63) is 30.3 Å². The summed E-state index contributed by atoms with van der Waals surface area (Å²) in [5, 5.41) is 2.70. The van der Waals surface area contributed by atoms with E-state index in [4.69, 9.17) is 19.4 Å². The van der Waals surface area contributed by atoms with Crippen LogP contribution in [0.3, 0.4) is 0 Å².